The highest BCUT2D eigenvalue weighted by molar-refractivity contribution is 5.80. The van der Waals surface area contributed by atoms with Crippen LogP contribution in [0, 0.1) is 0 Å². The maximum absolute atomic E-state index is 12.4. The summed E-state index contributed by atoms with van der Waals surface area (Å²) in [5, 5.41) is 6.75. The summed E-state index contributed by atoms with van der Waals surface area (Å²) in [6.07, 6.45) is 4.00. The van der Waals surface area contributed by atoms with E-state index in [0.717, 1.165) is 29.9 Å². The molecule has 3 aromatic rings. The first-order valence-electron chi connectivity index (χ1n) is 10.2. The fraction of sp³-hybridized carbons (Fsp3) is 0.348. The van der Waals surface area contributed by atoms with E-state index in [9.17, 15) is 4.79 Å². The van der Waals surface area contributed by atoms with Gasteiger partial charge in [-0.05, 0) is 80.1 Å². The summed E-state index contributed by atoms with van der Waals surface area (Å²) in [5.74, 6) is 2.02. The van der Waals surface area contributed by atoms with Gasteiger partial charge in [-0.2, -0.15) is 4.98 Å². The average molecular weight is 407 g/mol. The molecule has 0 fully saturated rings. The van der Waals surface area contributed by atoms with Gasteiger partial charge in [0.05, 0.1) is 13.7 Å². The van der Waals surface area contributed by atoms with E-state index < -0.39 is 6.10 Å². The van der Waals surface area contributed by atoms with Gasteiger partial charge in [-0.3, -0.25) is 4.79 Å². The highest BCUT2D eigenvalue weighted by atomic mass is 16.5. The summed E-state index contributed by atoms with van der Waals surface area (Å²) in [5.41, 5.74) is 3.51. The number of methoxy groups -OCH3 is 1. The third kappa shape index (κ3) is 4.62. The Labute approximate surface area is 175 Å². The molecule has 1 amide bonds. The van der Waals surface area contributed by atoms with Crippen molar-refractivity contribution >= 4 is 5.91 Å². The van der Waals surface area contributed by atoms with Crippen LogP contribution in [0.1, 0.15) is 36.8 Å². The number of aryl methyl sites for hydroxylation is 2. The van der Waals surface area contributed by atoms with Crippen LogP contribution in [0.25, 0.3) is 11.4 Å². The van der Waals surface area contributed by atoms with Gasteiger partial charge in [0.1, 0.15) is 11.5 Å². The van der Waals surface area contributed by atoms with E-state index in [1.807, 2.05) is 30.3 Å². The molecule has 1 atom stereocenters. The third-order valence-corrected chi connectivity index (χ3v) is 5.23. The van der Waals surface area contributed by atoms with Crippen LogP contribution in [0.4, 0.5) is 0 Å². The fourth-order valence-corrected chi connectivity index (χ4v) is 3.53. The zero-order chi connectivity index (χ0) is 20.9. The first-order valence-corrected chi connectivity index (χ1v) is 10.2. The van der Waals surface area contributed by atoms with Crippen LogP contribution < -0.4 is 14.8 Å². The lowest BCUT2D eigenvalue weighted by Gasteiger charge is -2.19. The molecule has 0 unspecified atom stereocenters. The molecule has 30 heavy (non-hydrogen) atoms. The fourth-order valence-electron chi connectivity index (χ4n) is 3.53. The van der Waals surface area contributed by atoms with Crippen LogP contribution in [0.5, 0.6) is 11.5 Å². The Kier molecular flexibility index (Phi) is 5.97. The molecule has 1 aromatic heterocycles. The number of benzene rings is 2. The zero-order valence-electron chi connectivity index (χ0n) is 17.2. The molecule has 0 spiro atoms. The molecule has 7 heteroatoms. The Bertz CT molecular complexity index is 1010. The zero-order valence-corrected chi connectivity index (χ0v) is 17.2. The molecule has 0 bridgehead atoms. The van der Waals surface area contributed by atoms with Crippen LogP contribution in [0.3, 0.4) is 0 Å². The Morgan fingerprint density at radius 3 is 2.60 bits per heavy atom. The van der Waals surface area contributed by atoms with E-state index in [4.69, 9.17) is 14.0 Å². The van der Waals surface area contributed by atoms with Crippen molar-refractivity contribution < 1.29 is 18.8 Å². The van der Waals surface area contributed by atoms with Crippen molar-refractivity contribution in [3.8, 4) is 22.9 Å². The van der Waals surface area contributed by atoms with E-state index in [1.54, 1.807) is 14.0 Å². The first-order chi connectivity index (χ1) is 14.6. The maximum atomic E-state index is 12.4. The van der Waals surface area contributed by atoms with Gasteiger partial charge in [0, 0.05) is 5.56 Å². The number of hydrogen-bond acceptors (Lipinski definition) is 6. The Balaban J connectivity index is 1.31. The second kappa shape index (κ2) is 8.98. The van der Waals surface area contributed by atoms with Crippen LogP contribution in [-0.2, 0) is 24.2 Å². The lowest BCUT2D eigenvalue weighted by molar-refractivity contribution is -0.127. The standard InChI is InChI=1S/C23H25N3O4/c1-15(29-20-12-7-16-5-3-4-6-18(16)13-20)23(27)24-14-21-25-22(26-30-21)17-8-10-19(28-2)11-9-17/h7-13,15H,3-6,14H2,1-2H3,(H,24,27)/t15-/m0/s1. The van der Waals surface area contributed by atoms with Crippen LogP contribution >= 0.6 is 0 Å². The topological polar surface area (TPSA) is 86.5 Å². The summed E-state index contributed by atoms with van der Waals surface area (Å²) >= 11 is 0. The van der Waals surface area contributed by atoms with E-state index in [1.165, 1.54) is 24.0 Å². The van der Waals surface area contributed by atoms with E-state index >= 15 is 0 Å². The SMILES string of the molecule is COc1ccc(-c2noc(CNC(=O)[C@H](C)Oc3ccc4c(c3)CCCC4)n2)cc1. The molecule has 1 heterocycles. The normalized spacial score (nSPS) is 13.9. The molecule has 7 nitrogen and oxygen atoms in total. The Morgan fingerprint density at radius 2 is 1.83 bits per heavy atom. The van der Waals surface area contributed by atoms with Crippen molar-refractivity contribution in [2.45, 2.75) is 45.3 Å². The third-order valence-electron chi connectivity index (χ3n) is 5.23. The molecular weight excluding hydrogens is 382 g/mol. The molecular formula is C23H25N3O4. The van der Waals surface area contributed by atoms with E-state index in [2.05, 4.69) is 27.6 Å². The maximum Gasteiger partial charge on any atom is 0.261 e. The van der Waals surface area contributed by atoms with Gasteiger partial charge >= 0.3 is 0 Å². The van der Waals surface area contributed by atoms with Gasteiger partial charge in [0.15, 0.2) is 6.10 Å². The molecule has 4 rings (SSSR count). The summed E-state index contributed by atoms with van der Waals surface area (Å²) in [4.78, 5) is 16.7. The minimum absolute atomic E-state index is 0.139. The number of nitrogens with one attached hydrogen (secondary N) is 1. The van der Waals surface area contributed by atoms with Gasteiger partial charge in [-0.15, -0.1) is 0 Å². The molecule has 1 N–H and O–H groups in total. The number of amides is 1. The summed E-state index contributed by atoms with van der Waals surface area (Å²) in [6, 6.07) is 13.4. The molecule has 1 aliphatic rings. The molecule has 156 valence electrons. The van der Waals surface area contributed by atoms with Gasteiger partial charge < -0.3 is 19.3 Å². The Morgan fingerprint density at radius 1 is 1.10 bits per heavy atom. The number of rotatable bonds is 7. The van der Waals surface area contributed by atoms with E-state index in [-0.39, 0.29) is 12.5 Å². The Hall–Kier alpha value is -3.35. The molecule has 1 aliphatic carbocycles. The van der Waals surface area contributed by atoms with Crippen molar-refractivity contribution in [2.75, 3.05) is 7.11 Å². The lowest BCUT2D eigenvalue weighted by Crippen LogP contribution is -2.36. The number of fused-ring (bicyclic) bond motifs is 1. The number of aromatic nitrogens is 2. The van der Waals surface area contributed by atoms with Crippen molar-refractivity contribution in [2.24, 2.45) is 0 Å². The summed E-state index contributed by atoms with van der Waals surface area (Å²) in [6.45, 7) is 1.87. The van der Waals surface area contributed by atoms with Crippen LogP contribution in [0.15, 0.2) is 47.0 Å². The largest absolute Gasteiger partial charge is 0.497 e. The van der Waals surface area contributed by atoms with Crippen molar-refractivity contribution in [1.82, 2.24) is 15.5 Å². The highest BCUT2D eigenvalue weighted by Gasteiger charge is 2.18. The van der Waals surface area contributed by atoms with E-state index in [0.29, 0.717) is 11.7 Å². The highest BCUT2D eigenvalue weighted by Crippen LogP contribution is 2.26. The molecule has 0 aliphatic heterocycles. The molecule has 0 radical (unpaired) electrons. The number of hydrogen-bond donors (Lipinski definition) is 1. The number of carbonyl (C=O) groups excluding carboxylic acids is 1. The summed E-state index contributed by atoms with van der Waals surface area (Å²) in [7, 11) is 1.61. The second-order valence-electron chi connectivity index (χ2n) is 7.36. The monoisotopic (exact) mass is 407 g/mol. The number of carbonyl (C=O) groups is 1. The van der Waals surface area contributed by atoms with Gasteiger partial charge in [-0.1, -0.05) is 11.2 Å². The van der Waals surface area contributed by atoms with Gasteiger partial charge in [0.25, 0.3) is 5.91 Å². The van der Waals surface area contributed by atoms with Crippen LogP contribution in [0.2, 0.25) is 0 Å². The van der Waals surface area contributed by atoms with Crippen molar-refractivity contribution in [3.63, 3.8) is 0 Å². The van der Waals surface area contributed by atoms with Crippen LogP contribution in [-0.4, -0.2) is 29.3 Å². The predicted molar refractivity (Wildman–Crippen MR) is 111 cm³/mol. The van der Waals surface area contributed by atoms with Crippen molar-refractivity contribution in [1.29, 1.82) is 0 Å². The second-order valence-corrected chi connectivity index (χ2v) is 7.36. The molecule has 0 saturated carbocycles. The molecule has 2 aromatic carbocycles. The first kappa shape index (κ1) is 19.9. The summed E-state index contributed by atoms with van der Waals surface area (Å²) < 4.78 is 16.2. The number of nitrogens with zero attached hydrogens (tertiary/aromatic N) is 2. The average Bonchev–Trinajstić information content (AvgIpc) is 3.26. The predicted octanol–water partition coefficient (Wildman–Crippen LogP) is 3.71. The quantitative estimate of drug-likeness (QED) is 0.643. The smallest absolute Gasteiger partial charge is 0.261 e. The minimum atomic E-state index is -0.629. The van der Waals surface area contributed by atoms with Gasteiger partial charge in [-0.25, -0.2) is 0 Å². The van der Waals surface area contributed by atoms with Gasteiger partial charge in [0.2, 0.25) is 11.7 Å². The number of ether oxygens (including phenoxy) is 2. The molecule has 0 saturated heterocycles. The lowest BCUT2D eigenvalue weighted by atomic mass is 9.92. The minimum Gasteiger partial charge on any atom is -0.497 e. The van der Waals surface area contributed by atoms with Crippen molar-refractivity contribution in [3.05, 3.63) is 59.5 Å².